The van der Waals surface area contributed by atoms with Crippen molar-refractivity contribution < 1.29 is 23.5 Å². The van der Waals surface area contributed by atoms with E-state index in [0.717, 1.165) is 9.75 Å². The Morgan fingerprint density at radius 3 is 2.48 bits per heavy atom. The second-order valence-corrected chi connectivity index (χ2v) is 8.82. The Morgan fingerprint density at radius 2 is 1.67 bits per heavy atom. The number of carbonyl (C=O) groups excluding carboxylic acids is 2. The van der Waals surface area contributed by atoms with Crippen molar-refractivity contribution in [3.8, 4) is 21.9 Å². The Labute approximate surface area is 194 Å². The number of benzene rings is 2. The Morgan fingerprint density at radius 1 is 0.909 bits per heavy atom. The van der Waals surface area contributed by atoms with Gasteiger partial charge in [-0.2, -0.15) is 0 Å². The molecule has 0 bridgehead atoms. The summed E-state index contributed by atoms with van der Waals surface area (Å²) in [4.78, 5) is 30.6. The predicted octanol–water partition coefficient (Wildman–Crippen LogP) is 4.28. The number of thiophene rings is 1. The molecule has 1 aromatic heterocycles. The molecular formula is C25H21FN2O4S. The minimum absolute atomic E-state index is 0.0878. The van der Waals surface area contributed by atoms with Gasteiger partial charge in [0.15, 0.2) is 11.5 Å². The van der Waals surface area contributed by atoms with Crippen LogP contribution in [0.4, 0.5) is 4.39 Å². The highest BCUT2D eigenvalue weighted by molar-refractivity contribution is 7.16. The molecule has 2 aliphatic heterocycles. The second-order valence-electron chi connectivity index (χ2n) is 7.70. The molecule has 33 heavy (non-hydrogen) atoms. The van der Waals surface area contributed by atoms with Crippen molar-refractivity contribution in [3.05, 3.63) is 76.9 Å². The van der Waals surface area contributed by atoms with Crippen LogP contribution < -0.4 is 9.47 Å². The summed E-state index contributed by atoms with van der Waals surface area (Å²) in [6.45, 7) is 2.01. The van der Waals surface area contributed by atoms with E-state index >= 15 is 0 Å². The van der Waals surface area contributed by atoms with Crippen LogP contribution in [-0.2, 0) is 4.79 Å². The number of hydrogen-bond acceptors (Lipinski definition) is 5. The lowest BCUT2D eigenvalue weighted by atomic mass is 10.1. The Balaban J connectivity index is 1.17. The first-order valence-electron chi connectivity index (χ1n) is 10.6. The summed E-state index contributed by atoms with van der Waals surface area (Å²) in [5, 5.41) is 0. The standard InChI is InChI=1S/C25H21FN2O4S/c26-20-4-2-1-3-19(20)23-9-6-18(33-23)7-10-24(29)27-11-13-28(14-12-27)25(30)17-5-8-21-22(15-17)32-16-31-21/h1-10,15H,11-14,16H2/b10-7+. The molecule has 0 spiro atoms. The smallest absolute Gasteiger partial charge is 0.254 e. The summed E-state index contributed by atoms with van der Waals surface area (Å²) < 4.78 is 24.6. The zero-order chi connectivity index (χ0) is 22.8. The number of amides is 2. The molecule has 0 radical (unpaired) electrons. The lowest BCUT2D eigenvalue weighted by Gasteiger charge is -2.34. The molecule has 2 aliphatic rings. The van der Waals surface area contributed by atoms with Crippen molar-refractivity contribution in [2.24, 2.45) is 0 Å². The molecule has 6 nitrogen and oxygen atoms in total. The van der Waals surface area contributed by atoms with E-state index in [4.69, 9.17) is 9.47 Å². The Kier molecular flexibility index (Phi) is 5.83. The molecule has 168 valence electrons. The van der Waals surface area contributed by atoms with E-state index in [1.165, 1.54) is 23.5 Å². The van der Waals surface area contributed by atoms with Crippen molar-refractivity contribution in [2.45, 2.75) is 0 Å². The van der Waals surface area contributed by atoms with Gasteiger partial charge in [-0.15, -0.1) is 11.3 Å². The van der Waals surface area contributed by atoms with E-state index in [-0.39, 0.29) is 24.4 Å². The molecule has 0 aliphatic carbocycles. The van der Waals surface area contributed by atoms with Gasteiger partial charge in [0.25, 0.3) is 5.91 Å². The molecule has 0 N–H and O–H groups in total. The molecule has 3 aromatic rings. The van der Waals surface area contributed by atoms with E-state index in [1.54, 1.807) is 52.3 Å². The fourth-order valence-corrected chi connectivity index (χ4v) is 4.79. The highest BCUT2D eigenvalue weighted by Crippen LogP contribution is 2.33. The van der Waals surface area contributed by atoms with E-state index in [1.807, 2.05) is 12.1 Å². The van der Waals surface area contributed by atoms with Crippen molar-refractivity contribution in [1.29, 1.82) is 0 Å². The quantitative estimate of drug-likeness (QED) is 0.541. The molecular weight excluding hydrogens is 443 g/mol. The normalized spacial score (nSPS) is 15.3. The van der Waals surface area contributed by atoms with Gasteiger partial charge in [0.2, 0.25) is 12.7 Å². The first-order valence-corrected chi connectivity index (χ1v) is 11.4. The molecule has 2 aromatic carbocycles. The maximum Gasteiger partial charge on any atom is 0.254 e. The van der Waals surface area contributed by atoms with Crippen LogP contribution in [-0.4, -0.2) is 54.6 Å². The van der Waals surface area contributed by atoms with Gasteiger partial charge in [-0.05, 0) is 42.5 Å². The summed E-state index contributed by atoms with van der Waals surface area (Å²) in [5.74, 6) is 0.757. The van der Waals surface area contributed by atoms with E-state index < -0.39 is 0 Å². The maximum atomic E-state index is 14.0. The number of ether oxygens (including phenoxy) is 2. The van der Waals surface area contributed by atoms with Gasteiger partial charge >= 0.3 is 0 Å². The van der Waals surface area contributed by atoms with Gasteiger partial charge in [0, 0.05) is 53.1 Å². The van der Waals surface area contributed by atoms with E-state index in [9.17, 15) is 14.0 Å². The van der Waals surface area contributed by atoms with Crippen LogP contribution in [0.25, 0.3) is 16.5 Å². The van der Waals surface area contributed by atoms with Crippen LogP contribution in [0.5, 0.6) is 11.5 Å². The SMILES string of the molecule is O=C(/C=C/c1ccc(-c2ccccc2F)s1)N1CCN(C(=O)c2ccc3c(c2)OCO3)CC1. The van der Waals surface area contributed by atoms with Crippen LogP contribution in [0.3, 0.4) is 0 Å². The van der Waals surface area contributed by atoms with Crippen molar-refractivity contribution in [2.75, 3.05) is 33.0 Å². The predicted molar refractivity (Wildman–Crippen MR) is 124 cm³/mol. The Bertz CT molecular complexity index is 1230. The zero-order valence-corrected chi connectivity index (χ0v) is 18.5. The number of halogens is 1. The highest BCUT2D eigenvalue weighted by Gasteiger charge is 2.25. The fourth-order valence-electron chi connectivity index (χ4n) is 3.85. The van der Waals surface area contributed by atoms with Gasteiger partial charge in [-0.1, -0.05) is 18.2 Å². The third kappa shape index (κ3) is 4.47. The van der Waals surface area contributed by atoms with E-state index in [2.05, 4.69) is 0 Å². The number of hydrogen-bond donors (Lipinski definition) is 0. The van der Waals surface area contributed by atoms with Crippen molar-refractivity contribution >= 4 is 29.2 Å². The molecule has 1 saturated heterocycles. The third-order valence-corrected chi connectivity index (χ3v) is 6.74. The summed E-state index contributed by atoms with van der Waals surface area (Å²) in [6, 6.07) is 15.5. The minimum atomic E-state index is -0.265. The lowest BCUT2D eigenvalue weighted by Crippen LogP contribution is -2.50. The lowest BCUT2D eigenvalue weighted by molar-refractivity contribution is -0.127. The van der Waals surface area contributed by atoms with Gasteiger partial charge in [-0.25, -0.2) is 4.39 Å². The van der Waals surface area contributed by atoms with Gasteiger partial charge in [0.1, 0.15) is 5.82 Å². The molecule has 1 fully saturated rings. The van der Waals surface area contributed by atoms with Crippen LogP contribution in [0.2, 0.25) is 0 Å². The molecule has 2 amide bonds. The molecule has 0 saturated carbocycles. The monoisotopic (exact) mass is 464 g/mol. The van der Waals surface area contributed by atoms with Gasteiger partial charge < -0.3 is 19.3 Å². The molecule has 3 heterocycles. The summed E-state index contributed by atoms with van der Waals surface area (Å²) in [6.07, 6.45) is 3.29. The van der Waals surface area contributed by atoms with E-state index in [0.29, 0.717) is 48.8 Å². The largest absolute Gasteiger partial charge is 0.454 e. The molecule has 5 rings (SSSR count). The second kappa shape index (κ2) is 9.07. The van der Waals surface area contributed by atoms with Crippen LogP contribution in [0.1, 0.15) is 15.2 Å². The average Bonchev–Trinajstić information content (AvgIpc) is 3.51. The van der Waals surface area contributed by atoms with Crippen LogP contribution in [0.15, 0.2) is 60.7 Å². The maximum absolute atomic E-state index is 14.0. The number of rotatable bonds is 4. The zero-order valence-electron chi connectivity index (χ0n) is 17.7. The minimum Gasteiger partial charge on any atom is -0.454 e. The Hall–Kier alpha value is -3.65. The molecule has 0 unspecified atom stereocenters. The molecule has 8 heteroatoms. The summed E-state index contributed by atoms with van der Waals surface area (Å²) in [5.41, 5.74) is 1.10. The fraction of sp³-hybridized carbons (Fsp3) is 0.200. The number of fused-ring (bicyclic) bond motifs is 1. The van der Waals surface area contributed by atoms with Gasteiger partial charge in [-0.3, -0.25) is 9.59 Å². The van der Waals surface area contributed by atoms with Crippen LogP contribution >= 0.6 is 11.3 Å². The van der Waals surface area contributed by atoms with Crippen molar-refractivity contribution in [1.82, 2.24) is 9.80 Å². The van der Waals surface area contributed by atoms with Crippen LogP contribution in [0, 0.1) is 5.82 Å². The number of piperazine rings is 1. The first-order chi connectivity index (χ1) is 16.1. The van der Waals surface area contributed by atoms with Gasteiger partial charge in [0.05, 0.1) is 0 Å². The average molecular weight is 465 g/mol. The summed E-state index contributed by atoms with van der Waals surface area (Å²) >= 11 is 1.43. The highest BCUT2D eigenvalue weighted by atomic mass is 32.1. The summed E-state index contributed by atoms with van der Waals surface area (Å²) in [7, 11) is 0. The van der Waals surface area contributed by atoms with Crippen molar-refractivity contribution in [3.63, 3.8) is 0 Å². The number of nitrogens with zero attached hydrogens (tertiary/aromatic N) is 2. The molecule has 0 atom stereocenters. The number of carbonyl (C=O) groups is 2. The topological polar surface area (TPSA) is 59.1 Å². The third-order valence-electron chi connectivity index (χ3n) is 5.65. The first kappa shape index (κ1) is 21.2.